The third kappa shape index (κ3) is 4.10. The number of hydrogen-bond donors (Lipinski definition) is 1. The van der Waals surface area contributed by atoms with Gasteiger partial charge in [0.25, 0.3) is 0 Å². The van der Waals surface area contributed by atoms with E-state index in [1.807, 2.05) is 23.6 Å². The smallest absolute Gasteiger partial charge is 0.226 e. The highest BCUT2D eigenvalue weighted by Crippen LogP contribution is 2.30. The number of rotatable bonds is 4. The number of amides is 1. The van der Waals surface area contributed by atoms with Gasteiger partial charge in [-0.2, -0.15) is 0 Å². The van der Waals surface area contributed by atoms with Gasteiger partial charge in [0.15, 0.2) is 15.0 Å². The number of nitrogens with zero attached hydrogens (tertiary/aromatic N) is 1. The number of nitrogens with one attached hydrogen (secondary N) is 1. The molecule has 0 radical (unpaired) electrons. The van der Waals surface area contributed by atoms with E-state index in [0.29, 0.717) is 22.3 Å². The number of sulfone groups is 1. The first-order valence-electron chi connectivity index (χ1n) is 7.14. The van der Waals surface area contributed by atoms with Crippen molar-refractivity contribution in [3.63, 3.8) is 0 Å². The lowest BCUT2D eigenvalue weighted by Crippen LogP contribution is -2.17. The molecule has 0 saturated carbocycles. The van der Waals surface area contributed by atoms with Crippen molar-refractivity contribution in [1.29, 1.82) is 0 Å². The van der Waals surface area contributed by atoms with Crippen LogP contribution in [0, 0.1) is 5.92 Å². The van der Waals surface area contributed by atoms with Gasteiger partial charge in [0.2, 0.25) is 5.91 Å². The minimum atomic E-state index is -2.96. The van der Waals surface area contributed by atoms with Gasteiger partial charge in [0.1, 0.15) is 0 Å². The van der Waals surface area contributed by atoms with E-state index in [-0.39, 0.29) is 29.8 Å². The number of carbonyl (C=O) groups excluding carboxylic acids is 1. The lowest BCUT2D eigenvalue weighted by Gasteiger charge is -2.06. The highest BCUT2D eigenvalue weighted by molar-refractivity contribution is 7.91. The highest BCUT2D eigenvalue weighted by Gasteiger charge is 2.29. The van der Waals surface area contributed by atoms with Crippen LogP contribution in [0.4, 0.5) is 5.13 Å². The van der Waals surface area contributed by atoms with Crippen LogP contribution in [0.1, 0.15) is 12.8 Å². The molecule has 1 aliphatic rings. The Kier molecular flexibility index (Phi) is 4.70. The Bertz CT molecular complexity index is 833. The highest BCUT2D eigenvalue weighted by atomic mass is 35.5. The van der Waals surface area contributed by atoms with E-state index < -0.39 is 9.84 Å². The Labute approximate surface area is 143 Å². The van der Waals surface area contributed by atoms with Gasteiger partial charge in [-0.15, -0.1) is 11.3 Å². The largest absolute Gasteiger partial charge is 0.302 e. The van der Waals surface area contributed by atoms with Crippen molar-refractivity contribution in [1.82, 2.24) is 4.98 Å². The summed E-state index contributed by atoms with van der Waals surface area (Å²) in [7, 11) is -2.96. The molecule has 8 heteroatoms. The van der Waals surface area contributed by atoms with E-state index in [1.54, 1.807) is 6.07 Å². The maximum absolute atomic E-state index is 12.0. The third-order valence-electron chi connectivity index (χ3n) is 3.70. The van der Waals surface area contributed by atoms with Gasteiger partial charge >= 0.3 is 0 Å². The predicted octanol–water partition coefficient (Wildman–Crippen LogP) is 3.23. The summed E-state index contributed by atoms with van der Waals surface area (Å²) in [5, 5.41) is 5.66. The summed E-state index contributed by atoms with van der Waals surface area (Å²) in [5.74, 6) is -0.0164. The van der Waals surface area contributed by atoms with Crippen LogP contribution < -0.4 is 5.32 Å². The van der Waals surface area contributed by atoms with Crippen molar-refractivity contribution >= 4 is 43.8 Å². The van der Waals surface area contributed by atoms with Crippen LogP contribution in [0.25, 0.3) is 11.3 Å². The molecule has 1 aliphatic heterocycles. The van der Waals surface area contributed by atoms with E-state index >= 15 is 0 Å². The molecule has 122 valence electrons. The lowest BCUT2D eigenvalue weighted by molar-refractivity contribution is -0.116. The standard InChI is InChI=1S/C15H15ClN2O3S2/c16-12-4-2-1-3-11(12)13-8-22-15(17-13)18-14(19)7-10-5-6-23(20,21)9-10/h1-4,8,10H,5-7,9H2,(H,17,18,19). The fraction of sp³-hybridized carbons (Fsp3) is 0.333. The maximum Gasteiger partial charge on any atom is 0.226 e. The number of carbonyl (C=O) groups is 1. The number of halogens is 1. The summed E-state index contributed by atoms with van der Waals surface area (Å²) in [4.78, 5) is 16.4. The predicted molar refractivity (Wildman–Crippen MR) is 92.6 cm³/mol. The topological polar surface area (TPSA) is 76.1 Å². The second-order valence-electron chi connectivity index (χ2n) is 5.54. The molecule has 1 fully saturated rings. The molecule has 5 nitrogen and oxygen atoms in total. The number of hydrogen-bond acceptors (Lipinski definition) is 5. The zero-order valence-electron chi connectivity index (χ0n) is 12.2. The first-order chi connectivity index (χ1) is 10.9. The Morgan fingerprint density at radius 3 is 2.87 bits per heavy atom. The van der Waals surface area contributed by atoms with E-state index in [9.17, 15) is 13.2 Å². The summed E-state index contributed by atoms with van der Waals surface area (Å²) in [5.41, 5.74) is 1.52. The number of anilines is 1. The average Bonchev–Trinajstić information content (AvgIpc) is 3.06. The summed E-state index contributed by atoms with van der Waals surface area (Å²) < 4.78 is 22.8. The quantitative estimate of drug-likeness (QED) is 0.896. The lowest BCUT2D eigenvalue weighted by atomic mass is 10.1. The molecule has 23 heavy (non-hydrogen) atoms. The van der Waals surface area contributed by atoms with Crippen molar-refractivity contribution in [2.45, 2.75) is 12.8 Å². The minimum absolute atomic E-state index is 0.0944. The van der Waals surface area contributed by atoms with E-state index in [1.165, 1.54) is 11.3 Å². The molecule has 1 unspecified atom stereocenters. The maximum atomic E-state index is 12.0. The second kappa shape index (κ2) is 6.59. The molecule has 1 N–H and O–H groups in total. The van der Waals surface area contributed by atoms with Crippen molar-refractivity contribution < 1.29 is 13.2 Å². The number of thiazole rings is 1. The van der Waals surface area contributed by atoms with Crippen LogP contribution >= 0.6 is 22.9 Å². The Balaban J connectivity index is 1.63. The molecule has 3 rings (SSSR count). The molecule has 1 saturated heterocycles. The fourth-order valence-corrected chi connectivity index (χ4v) is 5.41. The van der Waals surface area contributed by atoms with Gasteiger partial charge in [-0.1, -0.05) is 29.8 Å². The fourth-order valence-electron chi connectivity index (χ4n) is 2.59. The first-order valence-corrected chi connectivity index (χ1v) is 10.2. The Hall–Kier alpha value is -1.44. The van der Waals surface area contributed by atoms with Crippen LogP contribution in [0.5, 0.6) is 0 Å². The van der Waals surface area contributed by atoms with Gasteiger partial charge in [0.05, 0.1) is 17.2 Å². The molecule has 1 amide bonds. The number of aromatic nitrogens is 1. The monoisotopic (exact) mass is 370 g/mol. The first kappa shape index (κ1) is 16.4. The van der Waals surface area contributed by atoms with Crippen LogP contribution in [0.3, 0.4) is 0 Å². The molecule has 0 bridgehead atoms. The van der Waals surface area contributed by atoms with Gasteiger partial charge < -0.3 is 5.32 Å². The summed E-state index contributed by atoms with van der Waals surface area (Å²) >= 11 is 7.45. The molecule has 1 aromatic carbocycles. The second-order valence-corrected chi connectivity index (χ2v) is 9.03. The van der Waals surface area contributed by atoms with Crippen LogP contribution in [-0.2, 0) is 14.6 Å². The van der Waals surface area contributed by atoms with E-state index in [0.717, 1.165) is 5.56 Å². The molecule has 2 aromatic rings. The van der Waals surface area contributed by atoms with Crippen LogP contribution in [0.15, 0.2) is 29.6 Å². The molecule has 0 spiro atoms. The normalized spacial score (nSPS) is 19.6. The molecular weight excluding hydrogens is 356 g/mol. The van der Waals surface area contributed by atoms with Crippen molar-refractivity contribution in [2.24, 2.45) is 5.92 Å². The SMILES string of the molecule is O=C(CC1CCS(=O)(=O)C1)Nc1nc(-c2ccccc2Cl)cs1. The van der Waals surface area contributed by atoms with Gasteiger partial charge in [-0.3, -0.25) is 4.79 Å². The third-order valence-corrected chi connectivity index (χ3v) is 6.63. The molecular formula is C15H15ClN2O3S2. The zero-order valence-corrected chi connectivity index (χ0v) is 14.5. The summed E-state index contributed by atoms with van der Waals surface area (Å²) in [6, 6.07) is 7.37. The van der Waals surface area contributed by atoms with Crippen molar-refractivity contribution in [3.05, 3.63) is 34.7 Å². The van der Waals surface area contributed by atoms with E-state index in [2.05, 4.69) is 10.3 Å². The Morgan fingerprint density at radius 1 is 1.39 bits per heavy atom. The molecule has 0 aliphatic carbocycles. The zero-order chi connectivity index (χ0) is 16.4. The average molecular weight is 371 g/mol. The minimum Gasteiger partial charge on any atom is -0.302 e. The molecule has 1 atom stereocenters. The van der Waals surface area contributed by atoms with Crippen LogP contribution in [0.2, 0.25) is 5.02 Å². The van der Waals surface area contributed by atoms with Crippen molar-refractivity contribution in [2.75, 3.05) is 16.8 Å². The van der Waals surface area contributed by atoms with Crippen LogP contribution in [-0.4, -0.2) is 30.8 Å². The summed E-state index contributed by atoms with van der Waals surface area (Å²) in [6.07, 6.45) is 0.763. The Morgan fingerprint density at radius 2 is 2.17 bits per heavy atom. The molecule has 2 heterocycles. The van der Waals surface area contributed by atoms with Gasteiger partial charge in [-0.25, -0.2) is 13.4 Å². The van der Waals surface area contributed by atoms with Gasteiger partial charge in [0, 0.05) is 22.4 Å². The van der Waals surface area contributed by atoms with E-state index in [4.69, 9.17) is 11.6 Å². The summed E-state index contributed by atoms with van der Waals surface area (Å²) in [6.45, 7) is 0. The number of benzene rings is 1. The molecule has 1 aromatic heterocycles. The van der Waals surface area contributed by atoms with Gasteiger partial charge in [-0.05, 0) is 18.4 Å². The van der Waals surface area contributed by atoms with Crippen molar-refractivity contribution in [3.8, 4) is 11.3 Å².